The molecular formula is C36H69N5O3. The third kappa shape index (κ3) is 15.6. The molecule has 8 heteroatoms. The van der Waals surface area contributed by atoms with Gasteiger partial charge in [0, 0.05) is 49.6 Å². The van der Waals surface area contributed by atoms with Gasteiger partial charge in [0.1, 0.15) is 11.6 Å². The van der Waals surface area contributed by atoms with Crippen molar-refractivity contribution in [2.45, 2.75) is 132 Å². The summed E-state index contributed by atoms with van der Waals surface area (Å²) < 4.78 is 0. The summed E-state index contributed by atoms with van der Waals surface area (Å²) >= 11 is 0. The Bertz CT molecular complexity index is 885. The zero-order valence-electron chi connectivity index (χ0n) is 30.7. The molecule has 4 saturated heterocycles. The van der Waals surface area contributed by atoms with Gasteiger partial charge in [-0.2, -0.15) is 0 Å². The first-order chi connectivity index (χ1) is 20.0. The maximum Gasteiger partial charge on any atom is 0.237 e. The van der Waals surface area contributed by atoms with E-state index in [1.54, 1.807) is 0 Å². The zero-order valence-corrected chi connectivity index (χ0v) is 30.7. The zero-order chi connectivity index (χ0) is 33.9. The molecule has 256 valence electrons. The third-order valence-electron chi connectivity index (χ3n) is 8.94. The van der Waals surface area contributed by atoms with Crippen LogP contribution in [0.5, 0.6) is 0 Å². The number of carbonyl (C=O) groups is 3. The van der Waals surface area contributed by atoms with Gasteiger partial charge in [-0.1, -0.05) is 53.7 Å². The SMILES string of the molecule is C=C1CCCN(C(C)(C)C)C1.CC(C)(C)C1CCC(=O)CN1.CC(C)(C)C1CNCC(=O)C1.CC(C)(C)N1CCNCC1=O. The van der Waals surface area contributed by atoms with Crippen molar-refractivity contribution < 1.29 is 14.4 Å². The van der Waals surface area contributed by atoms with Gasteiger partial charge in [-0.05, 0) is 90.6 Å². The van der Waals surface area contributed by atoms with Crippen LogP contribution in [0.1, 0.15) is 115 Å². The van der Waals surface area contributed by atoms with Gasteiger partial charge in [-0.3, -0.25) is 19.3 Å². The van der Waals surface area contributed by atoms with Crippen LogP contribution in [-0.4, -0.2) is 96.8 Å². The van der Waals surface area contributed by atoms with E-state index in [4.69, 9.17) is 0 Å². The Morgan fingerprint density at radius 3 is 1.73 bits per heavy atom. The number of Topliss-reactive ketones (excluding diaryl/α,β-unsaturated/α-hetero) is 2. The first-order valence-electron chi connectivity index (χ1n) is 16.9. The quantitative estimate of drug-likeness (QED) is 0.320. The Morgan fingerprint density at radius 1 is 0.727 bits per heavy atom. The fraction of sp³-hybridized carbons (Fsp3) is 0.861. The molecule has 2 unspecified atom stereocenters. The van der Waals surface area contributed by atoms with Crippen LogP contribution >= 0.6 is 0 Å². The van der Waals surface area contributed by atoms with Crippen molar-refractivity contribution >= 4 is 17.5 Å². The number of ketones is 2. The van der Waals surface area contributed by atoms with Crippen LogP contribution in [0.15, 0.2) is 12.2 Å². The van der Waals surface area contributed by atoms with E-state index in [1.807, 2.05) is 4.90 Å². The molecule has 0 aromatic heterocycles. The molecule has 1 amide bonds. The van der Waals surface area contributed by atoms with Crippen molar-refractivity contribution in [2.75, 3.05) is 52.4 Å². The molecular weight excluding hydrogens is 550 g/mol. The molecule has 0 spiro atoms. The highest BCUT2D eigenvalue weighted by molar-refractivity contribution is 5.81. The average Bonchev–Trinajstić information content (AvgIpc) is 2.88. The second-order valence-corrected chi connectivity index (χ2v) is 17.2. The van der Waals surface area contributed by atoms with Gasteiger partial charge in [0.2, 0.25) is 5.91 Å². The highest BCUT2D eigenvalue weighted by Crippen LogP contribution is 2.29. The summed E-state index contributed by atoms with van der Waals surface area (Å²) in [6, 6.07) is 0.514. The molecule has 2 atom stereocenters. The van der Waals surface area contributed by atoms with Crippen molar-refractivity contribution in [3.8, 4) is 0 Å². The lowest BCUT2D eigenvalue weighted by Gasteiger charge is -2.39. The molecule has 0 saturated carbocycles. The predicted molar refractivity (Wildman–Crippen MR) is 185 cm³/mol. The maximum absolute atomic E-state index is 11.3. The molecule has 0 bridgehead atoms. The molecule has 4 fully saturated rings. The number of likely N-dealkylation sites (tertiary alicyclic amines) is 1. The molecule has 4 aliphatic rings. The number of piperidine rings is 3. The van der Waals surface area contributed by atoms with Crippen LogP contribution in [0, 0.1) is 16.7 Å². The highest BCUT2D eigenvalue weighted by Gasteiger charge is 2.30. The molecule has 0 aromatic rings. The largest absolute Gasteiger partial charge is 0.335 e. The number of hydrogen-bond donors (Lipinski definition) is 3. The van der Waals surface area contributed by atoms with Gasteiger partial charge in [0.25, 0.3) is 0 Å². The Balaban J connectivity index is 0.000000293. The molecule has 3 N–H and O–H groups in total. The average molecular weight is 620 g/mol. The second kappa shape index (κ2) is 17.3. The van der Waals surface area contributed by atoms with Crippen molar-refractivity contribution in [2.24, 2.45) is 16.7 Å². The van der Waals surface area contributed by atoms with Crippen LogP contribution in [-0.2, 0) is 14.4 Å². The van der Waals surface area contributed by atoms with Crippen molar-refractivity contribution in [1.82, 2.24) is 25.8 Å². The lowest BCUT2D eigenvalue weighted by Crippen LogP contribution is -2.55. The predicted octanol–water partition coefficient (Wildman–Crippen LogP) is 5.22. The fourth-order valence-electron chi connectivity index (χ4n) is 5.73. The van der Waals surface area contributed by atoms with Crippen LogP contribution in [0.4, 0.5) is 0 Å². The van der Waals surface area contributed by atoms with Crippen LogP contribution in [0.2, 0.25) is 0 Å². The van der Waals surface area contributed by atoms with Crippen molar-refractivity contribution in [3.05, 3.63) is 12.2 Å². The summed E-state index contributed by atoms with van der Waals surface area (Å²) in [5.74, 6) is 1.44. The van der Waals surface area contributed by atoms with E-state index in [2.05, 4.69) is 111 Å². The van der Waals surface area contributed by atoms with Gasteiger partial charge >= 0.3 is 0 Å². The molecule has 4 heterocycles. The summed E-state index contributed by atoms with van der Waals surface area (Å²) in [6.45, 7) is 37.0. The van der Waals surface area contributed by atoms with Gasteiger partial charge in [0.05, 0.1) is 19.6 Å². The molecule has 4 aliphatic heterocycles. The monoisotopic (exact) mass is 620 g/mol. The molecule has 4 rings (SSSR count). The number of nitrogens with zero attached hydrogens (tertiary/aromatic N) is 2. The molecule has 0 aromatic carbocycles. The van der Waals surface area contributed by atoms with Gasteiger partial charge in [-0.25, -0.2) is 0 Å². The molecule has 8 nitrogen and oxygen atoms in total. The number of piperazine rings is 1. The highest BCUT2D eigenvalue weighted by atomic mass is 16.2. The first-order valence-corrected chi connectivity index (χ1v) is 16.9. The van der Waals surface area contributed by atoms with E-state index in [0.29, 0.717) is 54.1 Å². The number of carbonyl (C=O) groups excluding carboxylic acids is 3. The van der Waals surface area contributed by atoms with E-state index in [0.717, 1.165) is 45.4 Å². The molecule has 0 radical (unpaired) electrons. The van der Waals surface area contributed by atoms with E-state index < -0.39 is 0 Å². The second-order valence-electron chi connectivity index (χ2n) is 17.2. The van der Waals surface area contributed by atoms with Gasteiger partial charge in [0.15, 0.2) is 0 Å². The van der Waals surface area contributed by atoms with E-state index in [9.17, 15) is 14.4 Å². The minimum atomic E-state index is -0.0147. The number of amides is 1. The van der Waals surface area contributed by atoms with Crippen LogP contribution < -0.4 is 16.0 Å². The lowest BCUT2D eigenvalue weighted by atomic mass is 9.76. The first kappa shape index (κ1) is 40.4. The van der Waals surface area contributed by atoms with Gasteiger partial charge < -0.3 is 20.9 Å². The molecule has 0 aliphatic carbocycles. The standard InChI is InChI=1S/C10H19N.2C9H17NO.C8H16N2O/c1-9-6-5-7-11(8-9)10(2,3)4;1-9(2,3)7-4-8(11)6-10-5-7;1-9(2,3)8-5-4-7(11)6-10-8;1-8(2,3)10-5-4-9-6-7(10)11/h1,5-8H2,2-4H3;7,10H,4-6H2,1-3H3;8,10H,4-6H2,1-3H3;9H,4-6H2,1-3H3. The lowest BCUT2D eigenvalue weighted by molar-refractivity contribution is -0.136. The number of rotatable bonds is 0. The summed E-state index contributed by atoms with van der Waals surface area (Å²) in [4.78, 5) is 37.7. The molecule has 44 heavy (non-hydrogen) atoms. The van der Waals surface area contributed by atoms with E-state index in [1.165, 1.54) is 25.0 Å². The van der Waals surface area contributed by atoms with Crippen molar-refractivity contribution in [1.29, 1.82) is 0 Å². The van der Waals surface area contributed by atoms with Crippen molar-refractivity contribution in [3.63, 3.8) is 0 Å². The van der Waals surface area contributed by atoms with Crippen LogP contribution in [0.25, 0.3) is 0 Å². The normalized spacial score (nSPS) is 24.3. The topological polar surface area (TPSA) is 93.8 Å². The summed E-state index contributed by atoms with van der Waals surface area (Å²) in [7, 11) is 0. The Labute approximate surface area is 270 Å². The van der Waals surface area contributed by atoms with Gasteiger partial charge in [-0.15, -0.1) is 0 Å². The number of nitrogens with one attached hydrogen (secondary N) is 3. The minimum Gasteiger partial charge on any atom is -0.335 e. The number of hydrogen-bond acceptors (Lipinski definition) is 7. The Hall–Kier alpha value is -1.61. The fourth-order valence-corrected chi connectivity index (χ4v) is 5.73. The Kier molecular flexibility index (Phi) is 15.9. The Morgan fingerprint density at radius 2 is 1.36 bits per heavy atom. The summed E-state index contributed by atoms with van der Waals surface area (Å²) in [5, 5.41) is 9.45. The smallest absolute Gasteiger partial charge is 0.237 e. The van der Waals surface area contributed by atoms with Crippen LogP contribution in [0.3, 0.4) is 0 Å². The summed E-state index contributed by atoms with van der Waals surface area (Å²) in [6.07, 6.45) is 5.04. The summed E-state index contributed by atoms with van der Waals surface area (Å²) in [5.41, 5.74) is 2.26. The third-order valence-corrected chi connectivity index (χ3v) is 8.94. The maximum atomic E-state index is 11.3. The van der Waals surface area contributed by atoms with E-state index in [-0.39, 0.29) is 16.9 Å². The van der Waals surface area contributed by atoms with E-state index >= 15 is 0 Å². The minimum absolute atomic E-state index is 0.0147.